The van der Waals surface area contributed by atoms with Gasteiger partial charge in [0.05, 0.1) is 31.3 Å². The van der Waals surface area contributed by atoms with E-state index >= 15 is 0 Å². The van der Waals surface area contributed by atoms with Crippen LogP contribution in [0, 0.1) is 0 Å². The summed E-state index contributed by atoms with van der Waals surface area (Å²) in [6, 6.07) is 27.9. The van der Waals surface area contributed by atoms with Crippen LogP contribution in [0.1, 0.15) is 27.9 Å². The molecule has 0 aromatic heterocycles. The van der Waals surface area contributed by atoms with Crippen LogP contribution in [0.5, 0.6) is 5.75 Å². The molecular weight excluding hydrogens is 414 g/mol. The molecule has 5 nitrogen and oxygen atoms in total. The Bertz CT molecular complexity index is 1370. The molecule has 5 rings (SSSR count). The fourth-order valence-corrected chi connectivity index (χ4v) is 4.64. The molecule has 1 aliphatic heterocycles. The minimum Gasteiger partial charge on any atom is -0.496 e. The number of ketones is 1. The zero-order valence-corrected chi connectivity index (χ0v) is 18.2. The van der Waals surface area contributed by atoms with Crippen molar-refractivity contribution in [3.63, 3.8) is 0 Å². The van der Waals surface area contributed by atoms with Gasteiger partial charge in [0.15, 0.2) is 11.4 Å². The standard InChI is InChI=1S/C28H23NO4/c1-33-26-16-7-4-13-22(26)25(30)17-28(32)23-14-5-6-15-24(23)29(27(28)31)18-20-11-8-10-19-9-2-3-12-21(19)20/h2-16,32H,17-18H2,1H3. The van der Waals surface area contributed by atoms with E-state index in [9.17, 15) is 14.7 Å². The monoisotopic (exact) mass is 437 g/mol. The normalized spacial score (nSPS) is 17.3. The molecule has 1 heterocycles. The van der Waals surface area contributed by atoms with E-state index < -0.39 is 11.5 Å². The number of hydrogen-bond donors (Lipinski definition) is 1. The fourth-order valence-electron chi connectivity index (χ4n) is 4.64. The van der Waals surface area contributed by atoms with Crippen LogP contribution >= 0.6 is 0 Å². The molecule has 0 radical (unpaired) electrons. The Hall–Kier alpha value is -3.96. The van der Waals surface area contributed by atoms with Gasteiger partial charge in [-0.1, -0.05) is 72.8 Å². The van der Waals surface area contributed by atoms with Crippen molar-refractivity contribution in [1.29, 1.82) is 0 Å². The average Bonchev–Trinajstić information content (AvgIpc) is 3.06. The summed E-state index contributed by atoms with van der Waals surface area (Å²) >= 11 is 0. The predicted molar refractivity (Wildman–Crippen MR) is 127 cm³/mol. The van der Waals surface area contributed by atoms with E-state index in [-0.39, 0.29) is 12.2 Å². The molecule has 1 aliphatic rings. The number of benzene rings is 4. The van der Waals surface area contributed by atoms with Gasteiger partial charge in [-0.05, 0) is 34.5 Å². The second-order valence-electron chi connectivity index (χ2n) is 8.21. The molecule has 164 valence electrons. The van der Waals surface area contributed by atoms with Crippen molar-refractivity contribution in [2.45, 2.75) is 18.6 Å². The lowest BCUT2D eigenvalue weighted by atomic mass is 9.88. The summed E-state index contributed by atoms with van der Waals surface area (Å²) in [4.78, 5) is 28.4. The SMILES string of the molecule is COc1ccccc1C(=O)CC1(O)C(=O)N(Cc2cccc3ccccc23)c2ccccc21. The Balaban J connectivity index is 1.53. The van der Waals surface area contributed by atoms with Gasteiger partial charge in [-0.2, -0.15) is 0 Å². The number of carbonyl (C=O) groups excluding carboxylic acids is 2. The Morgan fingerprint density at radius 1 is 0.909 bits per heavy atom. The second-order valence-corrected chi connectivity index (χ2v) is 8.21. The first-order valence-electron chi connectivity index (χ1n) is 10.8. The molecule has 33 heavy (non-hydrogen) atoms. The van der Waals surface area contributed by atoms with Crippen LogP contribution < -0.4 is 9.64 Å². The summed E-state index contributed by atoms with van der Waals surface area (Å²) in [5.41, 5.74) is 0.422. The number of para-hydroxylation sites is 2. The number of Topliss-reactive ketones (excluding diaryl/α,β-unsaturated/α-hetero) is 1. The van der Waals surface area contributed by atoms with Gasteiger partial charge in [-0.15, -0.1) is 0 Å². The molecule has 4 aromatic carbocycles. The smallest absolute Gasteiger partial charge is 0.264 e. The molecule has 0 spiro atoms. The van der Waals surface area contributed by atoms with Gasteiger partial charge < -0.3 is 14.7 Å². The Kier molecular flexibility index (Phi) is 5.19. The van der Waals surface area contributed by atoms with Crippen molar-refractivity contribution in [2.24, 2.45) is 0 Å². The number of carbonyl (C=O) groups is 2. The zero-order chi connectivity index (χ0) is 23.0. The first-order valence-corrected chi connectivity index (χ1v) is 10.8. The quantitative estimate of drug-likeness (QED) is 0.438. The lowest BCUT2D eigenvalue weighted by molar-refractivity contribution is -0.136. The van der Waals surface area contributed by atoms with E-state index in [1.165, 1.54) is 7.11 Å². The molecule has 0 bridgehead atoms. The first-order chi connectivity index (χ1) is 16.0. The van der Waals surface area contributed by atoms with Crippen LogP contribution in [0.4, 0.5) is 5.69 Å². The Morgan fingerprint density at radius 3 is 2.45 bits per heavy atom. The highest BCUT2D eigenvalue weighted by molar-refractivity contribution is 6.11. The van der Waals surface area contributed by atoms with Crippen LogP contribution in [0.2, 0.25) is 0 Å². The van der Waals surface area contributed by atoms with Crippen LogP contribution in [0.25, 0.3) is 10.8 Å². The minimum absolute atomic E-state index is 0.294. The van der Waals surface area contributed by atoms with E-state index in [0.29, 0.717) is 29.1 Å². The highest BCUT2D eigenvalue weighted by Crippen LogP contribution is 2.44. The van der Waals surface area contributed by atoms with E-state index in [4.69, 9.17) is 4.74 Å². The molecule has 1 unspecified atom stereocenters. The molecule has 0 aliphatic carbocycles. The van der Waals surface area contributed by atoms with Crippen molar-refractivity contribution in [2.75, 3.05) is 12.0 Å². The molecule has 0 saturated heterocycles. The minimum atomic E-state index is -1.95. The van der Waals surface area contributed by atoms with E-state index in [1.54, 1.807) is 41.3 Å². The maximum atomic E-state index is 13.6. The van der Waals surface area contributed by atoms with Crippen LogP contribution in [0.3, 0.4) is 0 Å². The Labute approximate surface area is 191 Å². The topological polar surface area (TPSA) is 66.8 Å². The predicted octanol–water partition coefficient (Wildman–Crippen LogP) is 4.86. The molecule has 1 atom stereocenters. The van der Waals surface area contributed by atoms with Gasteiger partial charge in [0, 0.05) is 5.56 Å². The molecule has 0 saturated carbocycles. The molecule has 0 fully saturated rings. The summed E-state index contributed by atoms with van der Waals surface area (Å²) in [6.07, 6.45) is -0.366. The number of aliphatic hydroxyl groups is 1. The van der Waals surface area contributed by atoms with Gasteiger partial charge in [0.2, 0.25) is 0 Å². The highest BCUT2D eigenvalue weighted by atomic mass is 16.5. The van der Waals surface area contributed by atoms with Gasteiger partial charge in [0.1, 0.15) is 5.75 Å². The maximum absolute atomic E-state index is 13.6. The third kappa shape index (κ3) is 3.47. The largest absolute Gasteiger partial charge is 0.496 e. The number of rotatable bonds is 6. The lowest BCUT2D eigenvalue weighted by Crippen LogP contribution is -2.41. The zero-order valence-electron chi connectivity index (χ0n) is 18.2. The summed E-state index contributed by atoms with van der Waals surface area (Å²) in [5, 5.41) is 13.7. The molecule has 1 N–H and O–H groups in total. The molecule has 4 aromatic rings. The number of ether oxygens (including phenoxy) is 1. The summed E-state index contributed by atoms with van der Waals surface area (Å²) < 4.78 is 5.30. The second kappa shape index (κ2) is 8.19. The Morgan fingerprint density at radius 2 is 1.61 bits per heavy atom. The van der Waals surface area contributed by atoms with Crippen molar-refractivity contribution >= 4 is 28.2 Å². The van der Waals surface area contributed by atoms with Gasteiger partial charge in [0.25, 0.3) is 5.91 Å². The fraction of sp³-hybridized carbons (Fsp3) is 0.143. The maximum Gasteiger partial charge on any atom is 0.264 e. The van der Waals surface area contributed by atoms with Crippen LogP contribution in [-0.4, -0.2) is 23.9 Å². The van der Waals surface area contributed by atoms with E-state index in [2.05, 4.69) is 0 Å². The first kappa shape index (κ1) is 20.9. The van der Waals surface area contributed by atoms with Gasteiger partial charge in [-0.3, -0.25) is 9.59 Å². The van der Waals surface area contributed by atoms with E-state index in [0.717, 1.165) is 16.3 Å². The van der Waals surface area contributed by atoms with Crippen molar-refractivity contribution in [3.05, 3.63) is 108 Å². The molecule has 1 amide bonds. The summed E-state index contributed by atoms with van der Waals surface area (Å²) in [6.45, 7) is 0.294. The summed E-state index contributed by atoms with van der Waals surface area (Å²) in [7, 11) is 1.49. The lowest BCUT2D eigenvalue weighted by Gasteiger charge is -2.23. The van der Waals surface area contributed by atoms with Crippen LogP contribution in [0.15, 0.2) is 91.0 Å². The average molecular weight is 437 g/mol. The molecular formula is C28H23NO4. The number of hydrogen-bond acceptors (Lipinski definition) is 4. The van der Waals surface area contributed by atoms with E-state index in [1.807, 2.05) is 54.6 Å². The summed E-state index contributed by atoms with van der Waals surface area (Å²) in [5.74, 6) is -0.442. The number of nitrogens with zero attached hydrogens (tertiary/aromatic N) is 1. The number of methoxy groups -OCH3 is 1. The third-order valence-electron chi connectivity index (χ3n) is 6.27. The van der Waals surface area contributed by atoms with Crippen LogP contribution in [-0.2, 0) is 16.9 Å². The van der Waals surface area contributed by atoms with Crippen molar-refractivity contribution in [1.82, 2.24) is 0 Å². The van der Waals surface area contributed by atoms with Crippen molar-refractivity contribution in [3.8, 4) is 5.75 Å². The third-order valence-corrected chi connectivity index (χ3v) is 6.27. The molecule has 5 heteroatoms. The van der Waals surface area contributed by atoms with Gasteiger partial charge >= 0.3 is 0 Å². The number of fused-ring (bicyclic) bond motifs is 2. The number of anilines is 1. The van der Waals surface area contributed by atoms with Crippen molar-refractivity contribution < 1.29 is 19.4 Å². The van der Waals surface area contributed by atoms with Gasteiger partial charge in [-0.25, -0.2) is 0 Å². The number of amides is 1. The highest BCUT2D eigenvalue weighted by Gasteiger charge is 2.51.